The maximum Gasteiger partial charge on any atom is 0.247 e. The number of benzene rings is 1. The van der Waals surface area contributed by atoms with Gasteiger partial charge >= 0.3 is 0 Å². The van der Waals surface area contributed by atoms with E-state index in [1.165, 1.54) is 23.6 Å². The van der Waals surface area contributed by atoms with Crippen molar-refractivity contribution in [3.63, 3.8) is 0 Å². The number of sulfonamides is 1. The molecule has 2 aliphatic rings. The smallest absolute Gasteiger partial charge is 0.247 e. The zero-order chi connectivity index (χ0) is 21.7. The van der Waals surface area contributed by atoms with Gasteiger partial charge in [-0.05, 0) is 45.0 Å². The summed E-state index contributed by atoms with van der Waals surface area (Å²) < 4.78 is 34.4. The monoisotopic (exact) mass is 434 g/mol. The SMILES string of the molecule is CNC[C@H]1Oc2cc(C#CC3CCCCC3)ccc2S(=O)(=O)N([C@H](C)CO)C[C@H]1C. The van der Waals surface area contributed by atoms with Gasteiger partial charge in [0.15, 0.2) is 0 Å². The van der Waals surface area contributed by atoms with Crippen molar-refractivity contribution in [1.29, 1.82) is 0 Å². The van der Waals surface area contributed by atoms with Crippen molar-refractivity contribution >= 4 is 10.0 Å². The first-order chi connectivity index (χ1) is 14.4. The highest BCUT2D eigenvalue weighted by atomic mass is 32.2. The fraction of sp³-hybridized carbons (Fsp3) is 0.652. The Labute approximate surface area is 181 Å². The first kappa shape index (κ1) is 23.1. The van der Waals surface area contributed by atoms with E-state index in [2.05, 4.69) is 17.2 Å². The van der Waals surface area contributed by atoms with Crippen molar-refractivity contribution in [2.75, 3.05) is 26.7 Å². The lowest BCUT2D eigenvalue weighted by Gasteiger charge is -2.36. The number of nitrogens with one attached hydrogen (secondary N) is 1. The number of aliphatic hydroxyl groups is 1. The molecule has 0 amide bonds. The summed E-state index contributed by atoms with van der Waals surface area (Å²) in [7, 11) is -1.94. The molecule has 1 aliphatic carbocycles. The van der Waals surface area contributed by atoms with Crippen LogP contribution < -0.4 is 10.1 Å². The Balaban J connectivity index is 2.00. The molecule has 1 aliphatic heterocycles. The zero-order valence-corrected chi connectivity index (χ0v) is 19.0. The quantitative estimate of drug-likeness (QED) is 0.712. The number of hydrogen-bond acceptors (Lipinski definition) is 5. The summed E-state index contributed by atoms with van der Waals surface area (Å²) in [4.78, 5) is 0.138. The molecule has 1 fully saturated rings. The second-order valence-corrected chi connectivity index (χ2v) is 10.4. The zero-order valence-electron chi connectivity index (χ0n) is 18.2. The fourth-order valence-electron chi connectivity index (χ4n) is 4.18. The largest absolute Gasteiger partial charge is 0.487 e. The molecular formula is C23H34N2O4S. The van der Waals surface area contributed by atoms with Crippen LogP contribution in [0.3, 0.4) is 0 Å². The van der Waals surface area contributed by atoms with Crippen LogP contribution in [-0.4, -0.2) is 56.7 Å². The minimum absolute atomic E-state index is 0.0497. The molecule has 1 aromatic rings. The number of aliphatic hydroxyl groups excluding tert-OH is 1. The lowest BCUT2D eigenvalue weighted by Crippen LogP contribution is -2.49. The van der Waals surface area contributed by atoms with Gasteiger partial charge in [-0.2, -0.15) is 4.31 Å². The van der Waals surface area contributed by atoms with Crippen molar-refractivity contribution in [3.8, 4) is 17.6 Å². The van der Waals surface area contributed by atoms with E-state index in [0.29, 0.717) is 24.8 Å². The highest BCUT2D eigenvalue weighted by molar-refractivity contribution is 7.89. The first-order valence-electron chi connectivity index (χ1n) is 11.0. The molecular weight excluding hydrogens is 400 g/mol. The van der Waals surface area contributed by atoms with Crippen LogP contribution in [0, 0.1) is 23.7 Å². The predicted octanol–water partition coefficient (Wildman–Crippen LogP) is 2.61. The van der Waals surface area contributed by atoms with Gasteiger partial charge < -0.3 is 15.2 Å². The van der Waals surface area contributed by atoms with E-state index in [1.807, 2.05) is 14.0 Å². The molecule has 166 valence electrons. The molecule has 0 unspecified atom stereocenters. The van der Waals surface area contributed by atoms with Crippen LogP contribution in [0.2, 0.25) is 0 Å². The molecule has 0 radical (unpaired) electrons. The van der Waals surface area contributed by atoms with Crippen LogP contribution in [0.5, 0.6) is 5.75 Å². The molecule has 0 saturated heterocycles. The number of likely N-dealkylation sites (N-methyl/N-ethyl adjacent to an activating group) is 1. The first-order valence-corrected chi connectivity index (χ1v) is 12.4. The molecule has 7 heteroatoms. The number of nitrogens with zero attached hydrogens (tertiary/aromatic N) is 1. The molecule has 1 aromatic carbocycles. The third kappa shape index (κ3) is 5.17. The lowest BCUT2D eigenvalue weighted by molar-refractivity contribution is 0.103. The van der Waals surface area contributed by atoms with E-state index < -0.39 is 16.1 Å². The Morgan fingerprint density at radius 1 is 1.30 bits per heavy atom. The van der Waals surface area contributed by atoms with Gasteiger partial charge in [-0.1, -0.05) is 38.0 Å². The second-order valence-electron chi connectivity index (χ2n) is 8.56. The van der Waals surface area contributed by atoms with Crippen molar-refractivity contribution in [2.45, 2.75) is 63.0 Å². The van der Waals surface area contributed by atoms with Crippen molar-refractivity contribution in [1.82, 2.24) is 9.62 Å². The highest BCUT2D eigenvalue weighted by Crippen LogP contribution is 2.34. The summed E-state index contributed by atoms with van der Waals surface area (Å²) in [5, 5.41) is 12.8. The van der Waals surface area contributed by atoms with Gasteiger partial charge in [0.2, 0.25) is 10.0 Å². The van der Waals surface area contributed by atoms with E-state index >= 15 is 0 Å². The number of rotatable bonds is 4. The van der Waals surface area contributed by atoms with Gasteiger partial charge in [-0.15, -0.1) is 0 Å². The summed E-state index contributed by atoms with van der Waals surface area (Å²) in [6.07, 6.45) is 5.83. The fourth-order valence-corrected chi connectivity index (χ4v) is 6.01. The lowest BCUT2D eigenvalue weighted by atomic mass is 9.90. The van der Waals surface area contributed by atoms with Crippen LogP contribution in [0.4, 0.5) is 0 Å². The maximum absolute atomic E-state index is 13.4. The average Bonchev–Trinajstić information content (AvgIpc) is 2.75. The van der Waals surface area contributed by atoms with Crippen molar-refractivity contribution in [3.05, 3.63) is 23.8 Å². The van der Waals surface area contributed by atoms with Crippen LogP contribution in [0.15, 0.2) is 23.1 Å². The number of fused-ring (bicyclic) bond motifs is 1. The van der Waals surface area contributed by atoms with Crippen LogP contribution >= 0.6 is 0 Å². The predicted molar refractivity (Wildman–Crippen MR) is 118 cm³/mol. The maximum atomic E-state index is 13.4. The van der Waals surface area contributed by atoms with Crippen LogP contribution in [0.25, 0.3) is 0 Å². The van der Waals surface area contributed by atoms with Gasteiger partial charge in [0.05, 0.1) is 6.61 Å². The van der Waals surface area contributed by atoms with Crippen LogP contribution in [-0.2, 0) is 10.0 Å². The molecule has 1 heterocycles. The molecule has 2 N–H and O–H groups in total. The normalized spacial score (nSPS) is 25.7. The Morgan fingerprint density at radius 3 is 2.70 bits per heavy atom. The van der Waals surface area contributed by atoms with E-state index in [1.54, 1.807) is 25.1 Å². The molecule has 0 spiro atoms. The Kier molecular flexibility index (Phi) is 7.81. The standard InChI is InChI=1S/C23H34N2O4S/c1-17-15-25(18(2)16-26)30(27,28)23-12-11-20(10-9-19-7-5-4-6-8-19)13-21(23)29-22(17)14-24-3/h11-13,17-19,22,24,26H,4-8,14-16H2,1-3H3/t17-,18-,22-/m1/s1. The molecule has 3 atom stereocenters. The highest BCUT2D eigenvalue weighted by Gasteiger charge is 2.37. The molecule has 3 rings (SSSR count). The minimum Gasteiger partial charge on any atom is -0.487 e. The minimum atomic E-state index is -3.80. The number of hydrogen-bond donors (Lipinski definition) is 2. The van der Waals surface area contributed by atoms with Gasteiger partial charge in [0.25, 0.3) is 0 Å². The Bertz CT molecular complexity index is 884. The molecule has 0 aromatic heterocycles. The van der Waals surface area contributed by atoms with E-state index in [-0.39, 0.29) is 23.5 Å². The summed E-state index contributed by atoms with van der Waals surface area (Å²) in [5.74, 6) is 7.31. The number of ether oxygens (including phenoxy) is 1. The summed E-state index contributed by atoms with van der Waals surface area (Å²) in [6.45, 7) is 4.36. The Hall–Kier alpha value is -1.59. The van der Waals surface area contributed by atoms with Gasteiger partial charge in [0.1, 0.15) is 16.7 Å². The molecule has 1 saturated carbocycles. The topological polar surface area (TPSA) is 78.9 Å². The molecule has 6 nitrogen and oxygen atoms in total. The third-order valence-electron chi connectivity index (χ3n) is 6.10. The van der Waals surface area contributed by atoms with E-state index in [4.69, 9.17) is 4.74 Å². The summed E-state index contributed by atoms with van der Waals surface area (Å²) in [6, 6.07) is 4.60. The van der Waals surface area contributed by atoms with Gasteiger partial charge in [0, 0.05) is 36.5 Å². The van der Waals surface area contributed by atoms with E-state index in [9.17, 15) is 13.5 Å². The van der Waals surface area contributed by atoms with E-state index in [0.717, 1.165) is 18.4 Å². The summed E-state index contributed by atoms with van der Waals surface area (Å²) in [5.41, 5.74) is 0.771. The Morgan fingerprint density at radius 2 is 2.03 bits per heavy atom. The van der Waals surface area contributed by atoms with Crippen molar-refractivity contribution < 1.29 is 18.3 Å². The molecule has 30 heavy (non-hydrogen) atoms. The van der Waals surface area contributed by atoms with Gasteiger partial charge in [-0.25, -0.2) is 8.42 Å². The molecule has 0 bridgehead atoms. The van der Waals surface area contributed by atoms with Gasteiger partial charge in [-0.3, -0.25) is 0 Å². The summed E-state index contributed by atoms with van der Waals surface area (Å²) >= 11 is 0. The third-order valence-corrected chi connectivity index (χ3v) is 8.12. The second kappa shape index (κ2) is 10.1. The van der Waals surface area contributed by atoms with Crippen LogP contribution in [0.1, 0.15) is 51.5 Å². The average molecular weight is 435 g/mol. The van der Waals surface area contributed by atoms with Crippen molar-refractivity contribution in [2.24, 2.45) is 11.8 Å².